The second-order valence-corrected chi connectivity index (χ2v) is 8.19. The van der Waals surface area contributed by atoms with Crippen LogP contribution >= 0.6 is 11.3 Å². The maximum Gasteiger partial charge on any atom is 0.416 e. The number of thiophene rings is 1. The maximum atomic E-state index is 13.0. The lowest BCUT2D eigenvalue weighted by molar-refractivity contribution is -0.137. The number of alkyl halides is 3. The maximum absolute atomic E-state index is 13.0. The molecule has 158 valence electrons. The SMILES string of the molecule is Cc1c(C(=O)NNc2cccc(C(F)(F)F)c2)sc2nc3n(c(=O)c12)CCCCC3. The average Bonchev–Trinajstić information content (AvgIpc) is 2.87. The van der Waals surface area contributed by atoms with Crippen molar-refractivity contribution in [2.24, 2.45) is 0 Å². The van der Waals surface area contributed by atoms with E-state index in [0.29, 0.717) is 27.2 Å². The third kappa shape index (κ3) is 3.79. The molecule has 3 aromatic rings. The Morgan fingerprint density at radius 1 is 1.23 bits per heavy atom. The number of nitrogens with one attached hydrogen (secondary N) is 2. The molecule has 2 aromatic heterocycles. The van der Waals surface area contributed by atoms with Gasteiger partial charge in [0.1, 0.15) is 10.7 Å². The van der Waals surface area contributed by atoms with E-state index in [0.717, 1.165) is 55.0 Å². The van der Waals surface area contributed by atoms with Gasteiger partial charge in [-0.25, -0.2) is 4.98 Å². The van der Waals surface area contributed by atoms with E-state index in [2.05, 4.69) is 15.8 Å². The summed E-state index contributed by atoms with van der Waals surface area (Å²) in [6.45, 7) is 2.30. The number of amides is 1. The smallest absolute Gasteiger partial charge is 0.298 e. The molecule has 1 aromatic carbocycles. The molecule has 0 radical (unpaired) electrons. The van der Waals surface area contributed by atoms with Crippen molar-refractivity contribution in [1.82, 2.24) is 15.0 Å². The van der Waals surface area contributed by atoms with Gasteiger partial charge in [0.05, 0.1) is 21.5 Å². The third-order valence-corrected chi connectivity index (χ3v) is 6.31. The summed E-state index contributed by atoms with van der Waals surface area (Å²) in [6.07, 6.45) is -0.825. The summed E-state index contributed by atoms with van der Waals surface area (Å²) in [5, 5.41) is 0.426. The molecule has 0 aliphatic carbocycles. The average molecular weight is 436 g/mol. The first-order chi connectivity index (χ1) is 14.3. The number of hydrogen-bond acceptors (Lipinski definition) is 5. The number of aryl methyl sites for hydroxylation is 2. The molecule has 30 heavy (non-hydrogen) atoms. The summed E-state index contributed by atoms with van der Waals surface area (Å²) >= 11 is 1.11. The van der Waals surface area contributed by atoms with E-state index in [1.807, 2.05) is 0 Å². The van der Waals surface area contributed by atoms with Gasteiger partial charge in [-0.05, 0) is 43.5 Å². The molecular formula is C20H19F3N4O2S. The van der Waals surface area contributed by atoms with Crippen LogP contribution in [0, 0.1) is 6.92 Å². The molecule has 0 spiro atoms. The summed E-state index contributed by atoms with van der Waals surface area (Å²) in [7, 11) is 0. The van der Waals surface area contributed by atoms with E-state index in [1.54, 1.807) is 11.5 Å². The number of carbonyl (C=O) groups excluding carboxylic acids is 1. The molecule has 0 atom stereocenters. The Labute approximate surface area is 173 Å². The van der Waals surface area contributed by atoms with Crippen LogP contribution in [0.1, 0.15) is 45.9 Å². The zero-order valence-electron chi connectivity index (χ0n) is 16.1. The van der Waals surface area contributed by atoms with Crippen molar-refractivity contribution < 1.29 is 18.0 Å². The molecule has 1 aliphatic heterocycles. The largest absolute Gasteiger partial charge is 0.416 e. The van der Waals surface area contributed by atoms with E-state index in [9.17, 15) is 22.8 Å². The quantitative estimate of drug-likeness (QED) is 0.602. The first kappa shape index (κ1) is 20.4. The van der Waals surface area contributed by atoms with Gasteiger partial charge in [0.15, 0.2) is 0 Å². The summed E-state index contributed by atoms with van der Waals surface area (Å²) < 4.78 is 40.2. The minimum Gasteiger partial charge on any atom is -0.298 e. The lowest BCUT2D eigenvalue weighted by Crippen LogP contribution is -2.29. The first-order valence-corrected chi connectivity index (χ1v) is 10.3. The van der Waals surface area contributed by atoms with Gasteiger partial charge in [-0.15, -0.1) is 11.3 Å². The molecule has 3 heterocycles. The van der Waals surface area contributed by atoms with Gasteiger partial charge in [0.25, 0.3) is 11.5 Å². The van der Waals surface area contributed by atoms with Crippen LogP contribution in [0.2, 0.25) is 0 Å². The molecule has 2 N–H and O–H groups in total. The van der Waals surface area contributed by atoms with E-state index < -0.39 is 17.6 Å². The van der Waals surface area contributed by atoms with Crippen molar-refractivity contribution in [3.63, 3.8) is 0 Å². The van der Waals surface area contributed by atoms with Gasteiger partial charge >= 0.3 is 6.18 Å². The van der Waals surface area contributed by atoms with Gasteiger partial charge in [-0.1, -0.05) is 12.5 Å². The fourth-order valence-electron chi connectivity index (χ4n) is 3.59. The predicted octanol–water partition coefficient (Wildman–Crippen LogP) is 4.27. The Kier molecular flexibility index (Phi) is 5.27. The minimum absolute atomic E-state index is 0.0989. The van der Waals surface area contributed by atoms with E-state index in [1.165, 1.54) is 12.1 Å². The van der Waals surface area contributed by atoms with Crippen LogP contribution in [0.15, 0.2) is 29.1 Å². The van der Waals surface area contributed by atoms with Gasteiger partial charge in [-0.2, -0.15) is 13.2 Å². The van der Waals surface area contributed by atoms with Crippen LogP contribution in [0.5, 0.6) is 0 Å². The number of aromatic nitrogens is 2. The number of nitrogens with zero attached hydrogens (tertiary/aromatic N) is 2. The number of fused-ring (bicyclic) bond motifs is 2. The number of halogens is 3. The molecule has 1 amide bonds. The summed E-state index contributed by atoms with van der Waals surface area (Å²) in [4.78, 5) is 31.0. The van der Waals surface area contributed by atoms with Crippen LogP contribution in [0.25, 0.3) is 10.2 Å². The van der Waals surface area contributed by atoms with Crippen molar-refractivity contribution >= 4 is 33.1 Å². The second kappa shape index (κ2) is 7.75. The van der Waals surface area contributed by atoms with Crippen molar-refractivity contribution in [3.05, 3.63) is 56.4 Å². The van der Waals surface area contributed by atoms with Gasteiger partial charge in [-0.3, -0.25) is 25.0 Å². The molecule has 4 rings (SSSR count). The van der Waals surface area contributed by atoms with Crippen LogP contribution in [0.4, 0.5) is 18.9 Å². The fraction of sp³-hybridized carbons (Fsp3) is 0.350. The van der Waals surface area contributed by atoms with Crippen molar-refractivity contribution in [2.75, 3.05) is 5.43 Å². The predicted molar refractivity (Wildman–Crippen MR) is 109 cm³/mol. The highest BCUT2D eigenvalue weighted by Gasteiger charge is 2.30. The van der Waals surface area contributed by atoms with E-state index in [-0.39, 0.29) is 11.2 Å². The summed E-state index contributed by atoms with van der Waals surface area (Å²) in [5.41, 5.74) is 4.58. The Morgan fingerprint density at radius 2 is 2.03 bits per heavy atom. The van der Waals surface area contributed by atoms with Crippen molar-refractivity contribution in [2.45, 2.75) is 45.3 Å². The molecule has 0 bridgehead atoms. The topological polar surface area (TPSA) is 76.0 Å². The number of carbonyl (C=O) groups is 1. The highest BCUT2D eigenvalue weighted by Crippen LogP contribution is 2.31. The van der Waals surface area contributed by atoms with Crippen LogP contribution < -0.4 is 16.4 Å². The van der Waals surface area contributed by atoms with Crippen LogP contribution in [0.3, 0.4) is 0 Å². The Morgan fingerprint density at radius 3 is 2.80 bits per heavy atom. The lowest BCUT2D eigenvalue weighted by Gasteiger charge is -2.11. The molecule has 0 saturated carbocycles. The Balaban J connectivity index is 1.61. The standard InChI is InChI=1S/C20H19F3N4O2S/c1-11-15-18(24-14-8-3-2-4-9-27(14)19(15)29)30-16(11)17(28)26-25-13-7-5-6-12(10-13)20(21,22)23/h5-7,10,25H,2-4,8-9H2,1H3,(H,26,28). The highest BCUT2D eigenvalue weighted by molar-refractivity contribution is 7.20. The number of hydrogen-bond donors (Lipinski definition) is 2. The van der Waals surface area contributed by atoms with E-state index >= 15 is 0 Å². The first-order valence-electron chi connectivity index (χ1n) is 9.52. The number of anilines is 1. The van der Waals surface area contributed by atoms with Crippen molar-refractivity contribution in [1.29, 1.82) is 0 Å². The highest BCUT2D eigenvalue weighted by atomic mass is 32.1. The molecule has 0 unspecified atom stereocenters. The second-order valence-electron chi connectivity index (χ2n) is 7.19. The molecular weight excluding hydrogens is 417 g/mol. The third-order valence-electron chi connectivity index (χ3n) is 5.13. The Bertz CT molecular complexity index is 1180. The molecule has 0 fully saturated rings. The molecule has 0 saturated heterocycles. The van der Waals surface area contributed by atoms with Gasteiger partial charge < -0.3 is 0 Å². The lowest BCUT2D eigenvalue weighted by atomic mass is 10.2. The normalized spacial score (nSPS) is 14.3. The summed E-state index contributed by atoms with van der Waals surface area (Å²) in [6, 6.07) is 4.52. The zero-order valence-corrected chi connectivity index (χ0v) is 16.9. The van der Waals surface area contributed by atoms with Crippen molar-refractivity contribution in [3.8, 4) is 0 Å². The molecule has 1 aliphatic rings. The number of benzene rings is 1. The fourth-order valence-corrected chi connectivity index (χ4v) is 4.67. The minimum atomic E-state index is -4.48. The Hall–Kier alpha value is -2.88. The molecule has 10 heteroatoms. The number of rotatable bonds is 3. The van der Waals surface area contributed by atoms with Gasteiger partial charge in [0, 0.05) is 13.0 Å². The van der Waals surface area contributed by atoms with E-state index in [4.69, 9.17) is 0 Å². The monoisotopic (exact) mass is 436 g/mol. The van der Waals surface area contributed by atoms with Crippen LogP contribution in [-0.4, -0.2) is 15.5 Å². The summed E-state index contributed by atoms with van der Waals surface area (Å²) in [5.74, 6) is 0.202. The number of hydrazine groups is 1. The molecule has 6 nitrogen and oxygen atoms in total. The zero-order chi connectivity index (χ0) is 21.5. The van der Waals surface area contributed by atoms with Gasteiger partial charge in [0.2, 0.25) is 0 Å². The van der Waals surface area contributed by atoms with Crippen LogP contribution in [-0.2, 0) is 19.1 Å².